The topological polar surface area (TPSA) is 67.3 Å². The van der Waals surface area contributed by atoms with Gasteiger partial charge < -0.3 is 15.0 Å². The van der Waals surface area contributed by atoms with Crippen LogP contribution in [-0.4, -0.2) is 40.6 Å². The van der Waals surface area contributed by atoms with Gasteiger partial charge in [-0.15, -0.1) is 0 Å². The highest BCUT2D eigenvalue weighted by atomic mass is 35.5. The summed E-state index contributed by atoms with van der Waals surface area (Å²) in [5.41, 5.74) is -0.971. The summed E-state index contributed by atoms with van der Waals surface area (Å²) in [7, 11) is 0. The van der Waals surface area contributed by atoms with E-state index in [2.05, 4.69) is 20.2 Å². The van der Waals surface area contributed by atoms with Gasteiger partial charge in [0.05, 0.1) is 12.2 Å². The number of hydrogen-bond acceptors (Lipinski definition) is 5. The second kappa shape index (κ2) is 6.65. The van der Waals surface area contributed by atoms with Gasteiger partial charge in [0.2, 0.25) is 0 Å². The molecule has 1 aromatic carbocycles. The van der Waals surface area contributed by atoms with Gasteiger partial charge in [-0.05, 0) is 38.1 Å². The molecule has 1 aliphatic rings. The molecule has 1 saturated heterocycles. The third-order valence-corrected chi connectivity index (χ3v) is 4.08. The van der Waals surface area contributed by atoms with Crippen LogP contribution in [-0.2, 0) is 4.79 Å². The number of carbonyl (C=O) groups is 1. The highest BCUT2D eigenvalue weighted by Gasteiger charge is 2.35. The zero-order valence-corrected chi connectivity index (χ0v) is 14.3. The Kier molecular flexibility index (Phi) is 4.57. The van der Waals surface area contributed by atoms with E-state index in [1.165, 1.54) is 0 Å². The summed E-state index contributed by atoms with van der Waals surface area (Å²) < 4.78 is 5.79. The minimum absolute atomic E-state index is 0.0765. The molecule has 2 aromatic rings. The molecule has 1 aromatic heterocycles. The fraction of sp³-hybridized carbons (Fsp3) is 0.353. The number of aromatic nitrogens is 2. The first-order valence-electron chi connectivity index (χ1n) is 7.70. The molecule has 6 nitrogen and oxygen atoms in total. The predicted molar refractivity (Wildman–Crippen MR) is 92.3 cm³/mol. The van der Waals surface area contributed by atoms with Gasteiger partial charge in [0, 0.05) is 30.5 Å². The minimum Gasteiger partial charge on any atom is -0.478 e. The number of benzene rings is 1. The summed E-state index contributed by atoms with van der Waals surface area (Å²) in [6.45, 7) is 4.91. The van der Waals surface area contributed by atoms with E-state index in [0.29, 0.717) is 23.9 Å². The molecular formula is C17H19ClN4O2. The number of ether oxygens (including phenoxy) is 1. The van der Waals surface area contributed by atoms with Gasteiger partial charge in [-0.3, -0.25) is 9.78 Å². The molecule has 126 valence electrons. The Balaban J connectivity index is 1.52. The number of hydrogen-bond donors (Lipinski definition) is 1. The Morgan fingerprint density at radius 1 is 1.29 bits per heavy atom. The summed E-state index contributed by atoms with van der Waals surface area (Å²) in [6.07, 6.45) is 5.01. The average Bonchev–Trinajstić information content (AvgIpc) is 2.53. The number of rotatable bonds is 5. The number of amides is 1. The fourth-order valence-electron chi connectivity index (χ4n) is 2.41. The van der Waals surface area contributed by atoms with Crippen LogP contribution in [0.2, 0.25) is 5.02 Å². The fourth-order valence-corrected chi connectivity index (χ4v) is 2.54. The van der Waals surface area contributed by atoms with Crippen molar-refractivity contribution in [1.29, 1.82) is 0 Å². The summed E-state index contributed by atoms with van der Waals surface area (Å²) >= 11 is 5.86. The lowest BCUT2D eigenvalue weighted by atomic mass is 10.0. The SMILES string of the molecule is CC(C)(Oc1ccc(Cl)cc1)C(=O)NC1CN(c2cnccn2)C1. The van der Waals surface area contributed by atoms with Gasteiger partial charge in [0.25, 0.3) is 5.91 Å². The van der Waals surface area contributed by atoms with Crippen LogP contribution in [0.4, 0.5) is 5.82 Å². The van der Waals surface area contributed by atoms with Crippen molar-refractivity contribution < 1.29 is 9.53 Å². The number of nitrogens with one attached hydrogen (secondary N) is 1. The van der Waals surface area contributed by atoms with Crippen molar-refractivity contribution in [2.24, 2.45) is 0 Å². The standard InChI is InChI=1S/C17H19ClN4O2/c1-17(2,24-14-5-3-12(18)4-6-14)16(23)21-13-10-22(11-13)15-9-19-7-8-20-15/h3-9,13H,10-11H2,1-2H3,(H,21,23). The van der Waals surface area contributed by atoms with E-state index < -0.39 is 5.60 Å². The van der Waals surface area contributed by atoms with E-state index in [1.54, 1.807) is 56.7 Å². The number of halogens is 1. The summed E-state index contributed by atoms with van der Waals surface area (Å²) in [6, 6.07) is 7.03. The molecule has 7 heteroatoms. The molecule has 2 heterocycles. The Labute approximate surface area is 145 Å². The zero-order chi connectivity index (χ0) is 17.2. The number of carbonyl (C=O) groups excluding carboxylic acids is 1. The van der Waals surface area contributed by atoms with Gasteiger partial charge >= 0.3 is 0 Å². The maximum Gasteiger partial charge on any atom is 0.263 e. The molecule has 3 rings (SSSR count). The maximum absolute atomic E-state index is 12.5. The van der Waals surface area contributed by atoms with E-state index in [-0.39, 0.29) is 11.9 Å². The number of nitrogens with zero attached hydrogens (tertiary/aromatic N) is 3. The molecule has 1 fully saturated rings. The van der Waals surface area contributed by atoms with Gasteiger partial charge in [-0.25, -0.2) is 4.98 Å². The van der Waals surface area contributed by atoms with Crippen molar-refractivity contribution in [2.45, 2.75) is 25.5 Å². The van der Waals surface area contributed by atoms with E-state index in [1.807, 2.05) is 0 Å². The van der Waals surface area contributed by atoms with Crippen LogP contribution >= 0.6 is 11.6 Å². The lowest BCUT2D eigenvalue weighted by Crippen LogP contribution is -2.63. The highest BCUT2D eigenvalue weighted by molar-refractivity contribution is 6.30. The van der Waals surface area contributed by atoms with Crippen molar-refractivity contribution >= 4 is 23.3 Å². The lowest BCUT2D eigenvalue weighted by molar-refractivity contribution is -0.135. The molecule has 24 heavy (non-hydrogen) atoms. The van der Waals surface area contributed by atoms with Crippen molar-refractivity contribution in [3.05, 3.63) is 47.9 Å². The molecule has 0 aliphatic carbocycles. The Morgan fingerprint density at radius 2 is 2.00 bits per heavy atom. The van der Waals surface area contributed by atoms with Gasteiger partial charge in [0.1, 0.15) is 11.6 Å². The third kappa shape index (κ3) is 3.76. The predicted octanol–water partition coefficient (Wildman–Crippen LogP) is 2.29. The van der Waals surface area contributed by atoms with Crippen LogP contribution in [0.25, 0.3) is 0 Å². The van der Waals surface area contributed by atoms with Crippen LogP contribution < -0.4 is 15.0 Å². The first-order chi connectivity index (χ1) is 11.4. The van der Waals surface area contributed by atoms with Crippen LogP contribution in [0.15, 0.2) is 42.9 Å². The zero-order valence-electron chi connectivity index (χ0n) is 13.6. The first kappa shape index (κ1) is 16.5. The normalized spacial score (nSPS) is 14.9. The van der Waals surface area contributed by atoms with Crippen molar-refractivity contribution in [2.75, 3.05) is 18.0 Å². The molecule has 0 bridgehead atoms. The lowest BCUT2D eigenvalue weighted by Gasteiger charge is -2.41. The first-order valence-corrected chi connectivity index (χ1v) is 8.08. The summed E-state index contributed by atoms with van der Waals surface area (Å²) in [5.74, 6) is 1.27. The second-order valence-corrected chi connectivity index (χ2v) is 6.64. The van der Waals surface area contributed by atoms with Crippen LogP contribution in [0.5, 0.6) is 5.75 Å². The maximum atomic E-state index is 12.5. The molecular weight excluding hydrogens is 328 g/mol. The van der Waals surface area contributed by atoms with Gasteiger partial charge in [-0.1, -0.05) is 11.6 Å². The summed E-state index contributed by atoms with van der Waals surface area (Å²) in [5, 5.41) is 3.64. The van der Waals surface area contributed by atoms with E-state index >= 15 is 0 Å². The minimum atomic E-state index is -0.971. The van der Waals surface area contributed by atoms with Crippen LogP contribution in [0, 0.1) is 0 Å². The van der Waals surface area contributed by atoms with E-state index in [9.17, 15) is 4.79 Å². The van der Waals surface area contributed by atoms with Crippen molar-refractivity contribution in [3.63, 3.8) is 0 Å². The van der Waals surface area contributed by atoms with Crippen molar-refractivity contribution in [3.8, 4) is 5.75 Å². The molecule has 0 spiro atoms. The molecule has 0 unspecified atom stereocenters. The quantitative estimate of drug-likeness (QED) is 0.899. The Hall–Kier alpha value is -2.34. The highest BCUT2D eigenvalue weighted by Crippen LogP contribution is 2.22. The Bertz CT molecular complexity index is 700. The largest absolute Gasteiger partial charge is 0.478 e. The molecule has 0 saturated carbocycles. The van der Waals surface area contributed by atoms with E-state index in [4.69, 9.17) is 16.3 Å². The van der Waals surface area contributed by atoms with Crippen molar-refractivity contribution in [1.82, 2.24) is 15.3 Å². The third-order valence-electron chi connectivity index (χ3n) is 3.82. The number of anilines is 1. The van der Waals surface area contributed by atoms with Crippen LogP contribution in [0.1, 0.15) is 13.8 Å². The van der Waals surface area contributed by atoms with Crippen LogP contribution in [0.3, 0.4) is 0 Å². The Morgan fingerprint density at radius 3 is 2.62 bits per heavy atom. The molecule has 1 aliphatic heterocycles. The molecule has 1 N–H and O–H groups in total. The van der Waals surface area contributed by atoms with Gasteiger partial charge in [0.15, 0.2) is 5.60 Å². The van der Waals surface area contributed by atoms with E-state index in [0.717, 1.165) is 5.82 Å². The smallest absolute Gasteiger partial charge is 0.263 e. The molecule has 0 radical (unpaired) electrons. The monoisotopic (exact) mass is 346 g/mol. The summed E-state index contributed by atoms with van der Waals surface area (Å²) in [4.78, 5) is 22.8. The second-order valence-electron chi connectivity index (χ2n) is 6.21. The molecule has 1 amide bonds. The van der Waals surface area contributed by atoms with Gasteiger partial charge in [-0.2, -0.15) is 0 Å². The average molecular weight is 347 g/mol. The molecule has 0 atom stereocenters.